The fourth-order valence-corrected chi connectivity index (χ4v) is 2.67. The summed E-state index contributed by atoms with van der Waals surface area (Å²) < 4.78 is 5.29. The van der Waals surface area contributed by atoms with Gasteiger partial charge in [-0.1, -0.05) is 0 Å². The summed E-state index contributed by atoms with van der Waals surface area (Å²) in [5, 5.41) is 12.3. The number of nitrogens with zero attached hydrogens (tertiary/aromatic N) is 2. The van der Waals surface area contributed by atoms with Crippen molar-refractivity contribution < 1.29 is 9.53 Å². The van der Waals surface area contributed by atoms with E-state index in [2.05, 4.69) is 20.5 Å². The number of aromatic nitrogens is 3. The largest absolute Gasteiger partial charge is 0.497 e. The molecule has 4 aromatic rings. The van der Waals surface area contributed by atoms with Gasteiger partial charge in [-0.25, -0.2) is 4.98 Å². The normalized spacial score (nSPS) is 10.9. The van der Waals surface area contributed by atoms with Gasteiger partial charge < -0.3 is 10.1 Å². The number of hydrogen-bond acceptors (Lipinski definition) is 5. The first kappa shape index (κ1) is 14.2. The second-order valence-corrected chi connectivity index (χ2v) is 5.37. The van der Waals surface area contributed by atoms with Crippen molar-refractivity contribution in [1.29, 1.82) is 0 Å². The molecule has 0 aliphatic rings. The maximum absolute atomic E-state index is 10.8. The second-order valence-electron chi connectivity index (χ2n) is 5.37. The van der Waals surface area contributed by atoms with E-state index in [9.17, 15) is 4.79 Å². The molecule has 0 unspecified atom stereocenters. The van der Waals surface area contributed by atoms with Gasteiger partial charge >= 0.3 is 0 Å². The molecule has 0 amide bonds. The monoisotopic (exact) mass is 318 g/mol. The fourth-order valence-electron chi connectivity index (χ4n) is 2.67. The number of fused-ring (bicyclic) bond motifs is 3. The quantitative estimate of drug-likeness (QED) is 0.561. The van der Waals surface area contributed by atoms with Crippen LogP contribution in [0.5, 0.6) is 5.75 Å². The summed E-state index contributed by atoms with van der Waals surface area (Å²) in [6.45, 7) is 0. The van der Waals surface area contributed by atoms with Gasteiger partial charge in [0.05, 0.1) is 18.8 Å². The third kappa shape index (κ3) is 2.34. The molecule has 2 aromatic heterocycles. The van der Waals surface area contributed by atoms with Crippen LogP contribution < -0.4 is 10.1 Å². The highest BCUT2D eigenvalue weighted by Crippen LogP contribution is 2.31. The van der Waals surface area contributed by atoms with E-state index < -0.39 is 0 Å². The number of anilines is 2. The zero-order valence-electron chi connectivity index (χ0n) is 12.9. The third-order valence-corrected chi connectivity index (χ3v) is 3.91. The first-order chi connectivity index (χ1) is 11.8. The van der Waals surface area contributed by atoms with Crippen molar-refractivity contribution in [2.45, 2.75) is 0 Å². The zero-order valence-corrected chi connectivity index (χ0v) is 12.9. The van der Waals surface area contributed by atoms with Crippen molar-refractivity contribution >= 4 is 39.6 Å². The fraction of sp³-hybridized carbons (Fsp3) is 0.0556. The molecule has 2 aromatic carbocycles. The number of carbonyl (C=O) groups is 1. The molecule has 24 heavy (non-hydrogen) atoms. The predicted molar refractivity (Wildman–Crippen MR) is 93.1 cm³/mol. The number of H-pyrrole nitrogens is 1. The molecule has 6 nitrogen and oxygen atoms in total. The van der Waals surface area contributed by atoms with Crippen LogP contribution in [0.1, 0.15) is 10.4 Å². The smallest absolute Gasteiger partial charge is 0.157 e. The van der Waals surface area contributed by atoms with Crippen molar-refractivity contribution in [2.75, 3.05) is 12.4 Å². The number of pyridine rings is 1. The molecule has 0 saturated heterocycles. The lowest BCUT2D eigenvalue weighted by atomic mass is 10.1. The predicted octanol–water partition coefficient (Wildman–Crippen LogP) is 3.68. The van der Waals surface area contributed by atoms with Crippen LogP contribution >= 0.6 is 0 Å². The lowest BCUT2D eigenvalue weighted by Crippen LogP contribution is -1.96. The van der Waals surface area contributed by atoms with Crippen LogP contribution in [0, 0.1) is 0 Å². The number of hydrogen-bond donors (Lipinski definition) is 2. The number of methoxy groups -OCH3 is 1. The molecule has 118 valence electrons. The van der Waals surface area contributed by atoms with Crippen LogP contribution in [0.25, 0.3) is 21.8 Å². The van der Waals surface area contributed by atoms with Gasteiger partial charge in [-0.2, -0.15) is 5.10 Å². The number of benzene rings is 2. The number of rotatable bonds is 4. The van der Waals surface area contributed by atoms with Gasteiger partial charge in [0.25, 0.3) is 0 Å². The summed E-state index contributed by atoms with van der Waals surface area (Å²) in [5.74, 6) is 1.45. The average Bonchev–Trinajstić information content (AvgIpc) is 3.12. The summed E-state index contributed by atoms with van der Waals surface area (Å²) in [7, 11) is 1.64. The Morgan fingerprint density at radius 1 is 1.12 bits per heavy atom. The number of aldehydes is 1. The molecular formula is C18H14N4O2. The van der Waals surface area contributed by atoms with Gasteiger partial charge in [-0.3, -0.25) is 9.89 Å². The Morgan fingerprint density at radius 3 is 2.71 bits per heavy atom. The minimum Gasteiger partial charge on any atom is -0.497 e. The Morgan fingerprint density at radius 2 is 1.96 bits per heavy atom. The van der Waals surface area contributed by atoms with E-state index in [0.717, 1.165) is 39.5 Å². The topological polar surface area (TPSA) is 79.9 Å². The van der Waals surface area contributed by atoms with Gasteiger partial charge in [-0.05, 0) is 42.5 Å². The summed E-state index contributed by atoms with van der Waals surface area (Å²) in [6, 6.07) is 12.9. The molecule has 0 radical (unpaired) electrons. The van der Waals surface area contributed by atoms with E-state index >= 15 is 0 Å². The maximum atomic E-state index is 10.8. The standard InChI is InChI=1S/C18H14N4O2/c1-24-13-6-7-16-14(8-13)15-9-19-22-17(15)18(21-16)20-12-4-2-11(10-23)3-5-12/h2-10H,1H3,(H,19,22)(H,20,21). The number of aromatic amines is 1. The van der Waals surface area contributed by atoms with Crippen LogP contribution in [0.15, 0.2) is 48.7 Å². The summed E-state index contributed by atoms with van der Waals surface area (Å²) in [5.41, 5.74) is 3.13. The Labute approximate surface area is 137 Å². The van der Waals surface area contributed by atoms with Crippen molar-refractivity contribution in [1.82, 2.24) is 15.2 Å². The van der Waals surface area contributed by atoms with Crippen LogP contribution in [-0.2, 0) is 0 Å². The minimum absolute atomic E-state index is 0.630. The Hall–Kier alpha value is -3.41. The molecule has 0 bridgehead atoms. The van der Waals surface area contributed by atoms with Crippen LogP contribution in [0.4, 0.5) is 11.5 Å². The molecule has 4 rings (SSSR count). The highest BCUT2D eigenvalue weighted by atomic mass is 16.5. The Balaban J connectivity index is 1.84. The van der Waals surface area contributed by atoms with Crippen molar-refractivity contribution in [2.24, 2.45) is 0 Å². The van der Waals surface area contributed by atoms with E-state index in [1.165, 1.54) is 0 Å². The van der Waals surface area contributed by atoms with Crippen molar-refractivity contribution in [3.63, 3.8) is 0 Å². The average molecular weight is 318 g/mol. The lowest BCUT2D eigenvalue weighted by Gasteiger charge is -2.10. The molecule has 0 aliphatic heterocycles. The minimum atomic E-state index is 0.630. The highest BCUT2D eigenvalue weighted by molar-refractivity contribution is 6.09. The van der Waals surface area contributed by atoms with Gasteiger partial charge in [0, 0.05) is 22.0 Å². The molecular weight excluding hydrogens is 304 g/mol. The molecule has 0 fully saturated rings. The van der Waals surface area contributed by atoms with E-state index in [4.69, 9.17) is 4.74 Å². The Bertz CT molecular complexity index is 1040. The summed E-state index contributed by atoms with van der Waals surface area (Å²) >= 11 is 0. The van der Waals surface area contributed by atoms with Crippen molar-refractivity contribution in [3.05, 3.63) is 54.2 Å². The van der Waals surface area contributed by atoms with E-state index in [0.29, 0.717) is 11.4 Å². The number of ether oxygens (including phenoxy) is 1. The molecule has 6 heteroatoms. The molecule has 2 heterocycles. The molecule has 2 N–H and O–H groups in total. The second kappa shape index (κ2) is 5.66. The zero-order chi connectivity index (χ0) is 16.5. The lowest BCUT2D eigenvalue weighted by molar-refractivity contribution is 0.112. The van der Waals surface area contributed by atoms with E-state index in [-0.39, 0.29) is 0 Å². The van der Waals surface area contributed by atoms with Gasteiger partial charge in [0.15, 0.2) is 5.82 Å². The number of carbonyl (C=O) groups excluding carboxylic acids is 1. The van der Waals surface area contributed by atoms with Gasteiger partial charge in [0.2, 0.25) is 0 Å². The van der Waals surface area contributed by atoms with Crippen LogP contribution in [0.3, 0.4) is 0 Å². The summed E-state index contributed by atoms with van der Waals surface area (Å²) in [4.78, 5) is 15.4. The Kier molecular flexibility index (Phi) is 3.35. The molecule has 0 atom stereocenters. The first-order valence-electron chi connectivity index (χ1n) is 7.41. The SMILES string of the molecule is COc1ccc2nc(Nc3ccc(C=O)cc3)c3[nH]ncc3c2c1. The van der Waals surface area contributed by atoms with Crippen LogP contribution in [-0.4, -0.2) is 28.6 Å². The molecule has 0 spiro atoms. The van der Waals surface area contributed by atoms with E-state index in [1.807, 2.05) is 30.3 Å². The molecule has 0 aliphatic carbocycles. The third-order valence-electron chi connectivity index (χ3n) is 3.91. The maximum Gasteiger partial charge on any atom is 0.157 e. The van der Waals surface area contributed by atoms with Gasteiger partial charge in [0.1, 0.15) is 17.6 Å². The van der Waals surface area contributed by atoms with Crippen LogP contribution in [0.2, 0.25) is 0 Å². The summed E-state index contributed by atoms with van der Waals surface area (Å²) in [6.07, 6.45) is 2.60. The number of nitrogens with one attached hydrogen (secondary N) is 2. The van der Waals surface area contributed by atoms with Gasteiger partial charge in [-0.15, -0.1) is 0 Å². The van der Waals surface area contributed by atoms with E-state index in [1.54, 1.807) is 25.4 Å². The first-order valence-corrected chi connectivity index (χ1v) is 7.41. The highest BCUT2D eigenvalue weighted by Gasteiger charge is 2.11. The molecule has 0 saturated carbocycles. The van der Waals surface area contributed by atoms with Crippen molar-refractivity contribution in [3.8, 4) is 5.75 Å².